The molecular weight excluding hydrogens is 282 g/mol. The number of amides is 1. The van der Waals surface area contributed by atoms with Gasteiger partial charge >= 0.3 is 0 Å². The molecule has 86 valence electrons. The van der Waals surface area contributed by atoms with Gasteiger partial charge < -0.3 is 11.5 Å². The number of primary amides is 1. The van der Waals surface area contributed by atoms with Gasteiger partial charge in [-0.25, -0.2) is 0 Å². The number of nitrogens with two attached hydrogens (primary N) is 2. The van der Waals surface area contributed by atoms with Crippen LogP contribution >= 0.6 is 15.9 Å². The van der Waals surface area contributed by atoms with E-state index in [0.717, 1.165) is 4.47 Å². The van der Waals surface area contributed by atoms with Gasteiger partial charge in [-0.05, 0) is 28.1 Å². The highest BCUT2D eigenvalue weighted by atomic mass is 79.9. The fraction of sp³-hybridized carbons (Fsp3) is 0. The van der Waals surface area contributed by atoms with Crippen LogP contribution in [-0.2, 0) is 0 Å². The molecule has 0 aliphatic heterocycles. The van der Waals surface area contributed by atoms with Crippen LogP contribution in [-0.4, -0.2) is 10.9 Å². The smallest absolute Gasteiger partial charge is 0.249 e. The van der Waals surface area contributed by atoms with Gasteiger partial charge in [-0.1, -0.05) is 18.2 Å². The molecule has 0 aliphatic carbocycles. The topological polar surface area (TPSA) is 82.0 Å². The first kappa shape index (κ1) is 11.6. The van der Waals surface area contributed by atoms with Crippen LogP contribution in [0.1, 0.15) is 10.4 Å². The molecule has 4 N–H and O–H groups in total. The van der Waals surface area contributed by atoms with E-state index in [9.17, 15) is 4.79 Å². The quantitative estimate of drug-likeness (QED) is 0.890. The van der Waals surface area contributed by atoms with Gasteiger partial charge in [-0.2, -0.15) is 0 Å². The molecule has 0 bridgehead atoms. The highest BCUT2D eigenvalue weighted by molar-refractivity contribution is 9.10. The van der Waals surface area contributed by atoms with Gasteiger partial charge in [0, 0.05) is 21.8 Å². The Morgan fingerprint density at radius 3 is 2.65 bits per heavy atom. The lowest BCUT2D eigenvalue weighted by atomic mass is 10.0. The summed E-state index contributed by atoms with van der Waals surface area (Å²) < 4.78 is 0.787. The van der Waals surface area contributed by atoms with E-state index in [4.69, 9.17) is 11.5 Å². The van der Waals surface area contributed by atoms with Gasteiger partial charge in [0.05, 0.1) is 11.4 Å². The Hall–Kier alpha value is -1.88. The van der Waals surface area contributed by atoms with Crippen molar-refractivity contribution in [2.45, 2.75) is 0 Å². The molecule has 1 amide bonds. The second kappa shape index (κ2) is 4.55. The number of pyridine rings is 1. The van der Waals surface area contributed by atoms with Crippen LogP contribution in [0.15, 0.2) is 41.0 Å². The number of carbonyl (C=O) groups excluding carboxylic acids is 1. The van der Waals surface area contributed by atoms with Crippen molar-refractivity contribution in [2.24, 2.45) is 5.73 Å². The van der Waals surface area contributed by atoms with Crippen molar-refractivity contribution in [2.75, 3.05) is 5.73 Å². The van der Waals surface area contributed by atoms with E-state index in [0.29, 0.717) is 22.5 Å². The summed E-state index contributed by atoms with van der Waals surface area (Å²) in [5, 5.41) is 0. The summed E-state index contributed by atoms with van der Waals surface area (Å²) in [6, 6.07) is 8.72. The third-order valence-corrected chi connectivity index (χ3v) is 2.77. The Morgan fingerprint density at radius 2 is 2.00 bits per heavy atom. The predicted molar refractivity (Wildman–Crippen MR) is 70.3 cm³/mol. The highest BCUT2D eigenvalue weighted by Gasteiger charge is 2.12. The monoisotopic (exact) mass is 291 g/mol. The van der Waals surface area contributed by atoms with E-state index in [1.807, 2.05) is 6.07 Å². The number of aromatic nitrogens is 1. The second-order valence-electron chi connectivity index (χ2n) is 3.50. The number of halogens is 1. The lowest BCUT2D eigenvalue weighted by Gasteiger charge is -2.08. The maximum absolute atomic E-state index is 11.3. The minimum absolute atomic E-state index is 0.411. The third-order valence-electron chi connectivity index (χ3n) is 2.33. The van der Waals surface area contributed by atoms with Gasteiger partial charge in [-0.15, -0.1) is 0 Å². The molecule has 17 heavy (non-hydrogen) atoms. The molecule has 0 saturated carbocycles. The Balaban J connectivity index is 2.64. The van der Waals surface area contributed by atoms with Crippen LogP contribution in [0, 0.1) is 0 Å². The molecule has 0 unspecified atom stereocenters. The van der Waals surface area contributed by atoms with E-state index in [1.54, 1.807) is 30.5 Å². The zero-order valence-electron chi connectivity index (χ0n) is 8.85. The molecule has 0 fully saturated rings. The summed E-state index contributed by atoms with van der Waals surface area (Å²) >= 11 is 3.28. The number of hydrogen-bond acceptors (Lipinski definition) is 3. The summed E-state index contributed by atoms with van der Waals surface area (Å²) in [6.45, 7) is 0. The Kier molecular flexibility index (Phi) is 3.10. The van der Waals surface area contributed by atoms with Gasteiger partial charge in [0.2, 0.25) is 5.91 Å². The molecule has 0 radical (unpaired) electrons. The first-order valence-corrected chi connectivity index (χ1v) is 5.69. The van der Waals surface area contributed by atoms with Crippen molar-refractivity contribution in [1.29, 1.82) is 0 Å². The largest absolute Gasteiger partial charge is 0.397 e. The number of nitrogens with zero attached hydrogens (tertiary/aromatic N) is 1. The molecule has 2 rings (SSSR count). The zero-order chi connectivity index (χ0) is 12.4. The summed E-state index contributed by atoms with van der Waals surface area (Å²) in [5.41, 5.74) is 13.3. The number of hydrogen-bond donors (Lipinski definition) is 2. The maximum atomic E-state index is 11.3. The molecule has 4 nitrogen and oxygen atoms in total. The summed E-state index contributed by atoms with van der Waals surface area (Å²) in [7, 11) is 0. The molecule has 0 saturated heterocycles. The molecular formula is C12H10BrN3O. The van der Waals surface area contributed by atoms with Crippen molar-refractivity contribution in [1.82, 2.24) is 4.98 Å². The lowest BCUT2D eigenvalue weighted by Crippen LogP contribution is -2.12. The first-order valence-electron chi connectivity index (χ1n) is 4.90. The fourth-order valence-corrected chi connectivity index (χ4v) is 1.93. The van der Waals surface area contributed by atoms with E-state index in [-0.39, 0.29) is 0 Å². The van der Waals surface area contributed by atoms with Gasteiger partial charge in [0.1, 0.15) is 0 Å². The molecule has 1 aromatic heterocycles. The summed E-state index contributed by atoms with van der Waals surface area (Å²) in [4.78, 5) is 15.5. The van der Waals surface area contributed by atoms with Crippen LogP contribution in [0.4, 0.5) is 5.69 Å². The highest BCUT2D eigenvalue weighted by Crippen LogP contribution is 2.28. The molecule has 2 aromatic rings. The van der Waals surface area contributed by atoms with Crippen molar-refractivity contribution < 1.29 is 4.79 Å². The average molecular weight is 292 g/mol. The van der Waals surface area contributed by atoms with Crippen molar-refractivity contribution in [3.63, 3.8) is 0 Å². The lowest BCUT2D eigenvalue weighted by molar-refractivity contribution is 0.100. The van der Waals surface area contributed by atoms with Crippen LogP contribution < -0.4 is 11.5 Å². The van der Waals surface area contributed by atoms with E-state index in [1.165, 1.54) is 0 Å². The molecule has 1 aromatic carbocycles. The van der Waals surface area contributed by atoms with Crippen molar-refractivity contribution in [3.8, 4) is 11.3 Å². The normalized spacial score (nSPS) is 10.2. The standard InChI is InChI=1S/C12H10BrN3O/c13-7-5-10(14)11(16-6-7)8-3-1-2-4-9(8)12(15)17/h1-6H,14H2,(H2,15,17). The first-order chi connectivity index (χ1) is 8.09. The average Bonchev–Trinajstić information content (AvgIpc) is 2.29. The van der Waals surface area contributed by atoms with Crippen molar-refractivity contribution in [3.05, 3.63) is 46.6 Å². The Bertz CT molecular complexity index is 584. The summed E-state index contributed by atoms with van der Waals surface area (Å²) in [6.07, 6.45) is 1.63. The summed E-state index contributed by atoms with van der Waals surface area (Å²) in [5.74, 6) is -0.496. The number of benzene rings is 1. The number of nitrogen functional groups attached to an aromatic ring is 1. The van der Waals surface area contributed by atoms with Crippen LogP contribution in [0.25, 0.3) is 11.3 Å². The van der Waals surface area contributed by atoms with Gasteiger partial charge in [-0.3, -0.25) is 9.78 Å². The van der Waals surface area contributed by atoms with E-state index in [2.05, 4.69) is 20.9 Å². The Labute approximate surface area is 107 Å². The molecule has 0 spiro atoms. The minimum Gasteiger partial charge on any atom is -0.397 e. The van der Waals surface area contributed by atoms with Crippen LogP contribution in [0.3, 0.4) is 0 Å². The van der Waals surface area contributed by atoms with Crippen molar-refractivity contribution >= 4 is 27.5 Å². The zero-order valence-corrected chi connectivity index (χ0v) is 10.4. The molecule has 1 heterocycles. The number of carbonyl (C=O) groups is 1. The maximum Gasteiger partial charge on any atom is 0.249 e. The minimum atomic E-state index is -0.496. The number of rotatable bonds is 2. The van der Waals surface area contributed by atoms with Gasteiger partial charge in [0.15, 0.2) is 0 Å². The van der Waals surface area contributed by atoms with Crippen LogP contribution in [0.2, 0.25) is 0 Å². The number of anilines is 1. The molecule has 5 heteroatoms. The SMILES string of the molecule is NC(=O)c1ccccc1-c1ncc(Br)cc1N. The molecule has 0 atom stereocenters. The second-order valence-corrected chi connectivity index (χ2v) is 4.42. The van der Waals surface area contributed by atoms with Gasteiger partial charge in [0.25, 0.3) is 0 Å². The fourth-order valence-electron chi connectivity index (χ4n) is 1.58. The molecule has 0 aliphatic rings. The third kappa shape index (κ3) is 2.29. The van der Waals surface area contributed by atoms with E-state index >= 15 is 0 Å². The Morgan fingerprint density at radius 1 is 1.29 bits per heavy atom. The predicted octanol–water partition coefficient (Wildman–Crippen LogP) is 2.19. The van der Waals surface area contributed by atoms with E-state index < -0.39 is 5.91 Å². The van der Waals surface area contributed by atoms with Crippen LogP contribution in [0.5, 0.6) is 0 Å².